The molecule has 278 valence electrons. The number of carbonyl (C=O) groups is 4. The Bertz CT molecular complexity index is 1800. The van der Waals surface area contributed by atoms with Gasteiger partial charge in [-0.05, 0) is 61.6 Å². The number of ether oxygens (including phenoxy) is 3. The lowest BCUT2D eigenvalue weighted by Crippen LogP contribution is -2.57. The molecule has 0 radical (unpaired) electrons. The van der Waals surface area contributed by atoms with Crippen molar-refractivity contribution < 1.29 is 38.5 Å². The maximum atomic E-state index is 15.1. The Morgan fingerprint density at radius 1 is 1.02 bits per heavy atom. The van der Waals surface area contributed by atoms with Gasteiger partial charge >= 0.3 is 5.97 Å². The van der Waals surface area contributed by atoms with E-state index in [2.05, 4.69) is 18.5 Å². The lowest BCUT2D eigenvalue weighted by molar-refractivity contribution is -0.162. The van der Waals surface area contributed by atoms with Crippen LogP contribution in [0.5, 0.6) is 5.75 Å². The summed E-state index contributed by atoms with van der Waals surface area (Å²) in [5.74, 6) is -3.23. The molecular formula is C42H47N3O8. The van der Waals surface area contributed by atoms with Gasteiger partial charge in [0.1, 0.15) is 23.5 Å². The van der Waals surface area contributed by atoms with Gasteiger partial charge in [0.25, 0.3) is 5.91 Å². The number of nitrogens with one attached hydrogen (secondary N) is 1. The van der Waals surface area contributed by atoms with Gasteiger partial charge in [-0.1, -0.05) is 72.8 Å². The summed E-state index contributed by atoms with van der Waals surface area (Å²) in [6, 6.07) is 22.5. The Balaban J connectivity index is 1.39. The van der Waals surface area contributed by atoms with Crippen molar-refractivity contribution in [3.05, 3.63) is 121 Å². The average molecular weight is 722 g/mol. The van der Waals surface area contributed by atoms with Gasteiger partial charge in [-0.15, -0.1) is 13.2 Å². The second-order valence-electron chi connectivity index (χ2n) is 13.8. The van der Waals surface area contributed by atoms with Gasteiger partial charge in [0.2, 0.25) is 11.8 Å². The zero-order valence-corrected chi connectivity index (χ0v) is 30.1. The molecule has 0 unspecified atom stereocenters. The number of fused-ring (bicyclic) bond motifs is 1. The molecule has 6 rings (SSSR count). The van der Waals surface area contributed by atoms with Crippen LogP contribution in [-0.2, 0) is 28.7 Å². The molecule has 3 amide bonds. The van der Waals surface area contributed by atoms with Crippen LogP contribution in [0.2, 0.25) is 0 Å². The second-order valence-corrected chi connectivity index (χ2v) is 13.8. The number of benzene rings is 3. The highest BCUT2D eigenvalue weighted by Gasteiger charge is 2.76. The van der Waals surface area contributed by atoms with Crippen molar-refractivity contribution in [3.8, 4) is 5.75 Å². The fourth-order valence-electron chi connectivity index (χ4n) is 8.31. The van der Waals surface area contributed by atoms with E-state index >= 15 is 4.79 Å². The molecular weight excluding hydrogens is 674 g/mol. The fraction of sp³-hybridized carbons (Fsp3) is 0.381. The third-order valence-electron chi connectivity index (χ3n) is 10.7. The minimum Gasteiger partial charge on any atom is -0.497 e. The summed E-state index contributed by atoms with van der Waals surface area (Å²) in [4.78, 5) is 60.2. The number of hydrogen-bond donors (Lipinski definition) is 2. The average Bonchev–Trinajstić information content (AvgIpc) is 3.83. The van der Waals surface area contributed by atoms with Crippen LogP contribution in [0.1, 0.15) is 55.9 Å². The Morgan fingerprint density at radius 2 is 1.68 bits per heavy atom. The first-order valence-corrected chi connectivity index (χ1v) is 18.1. The number of carbonyl (C=O) groups excluding carboxylic acids is 4. The van der Waals surface area contributed by atoms with E-state index in [1.165, 1.54) is 4.90 Å². The molecule has 3 fully saturated rings. The van der Waals surface area contributed by atoms with Crippen LogP contribution in [0, 0.1) is 11.8 Å². The van der Waals surface area contributed by atoms with E-state index in [0.717, 1.165) is 0 Å². The highest BCUT2D eigenvalue weighted by atomic mass is 16.6. The summed E-state index contributed by atoms with van der Waals surface area (Å²) in [6.45, 7) is 9.00. The Morgan fingerprint density at radius 3 is 2.28 bits per heavy atom. The Labute approximate surface area is 310 Å². The molecule has 3 aromatic carbocycles. The first-order valence-electron chi connectivity index (χ1n) is 18.1. The van der Waals surface area contributed by atoms with E-state index in [1.54, 1.807) is 79.6 Å². The van der Waals surface area contributed by atoms with Crippen molar-refractivity contribution >= 4 is 29.4 Å². The molecule has 3 aliphatic rings. The van der Waals surface area contributed by atoms with Gasteiger partial charge in [-0.25, -0.2) is 0 Å². The van der Waals surface area contributed by atoms with Gasteiger partial charge in [-0.3, -0.25) is 19.2 Å². The van der Waals surface area contributed by atoms with E-state index in [1.807, 2.05) is 36.4 Å². The van der Waals surface area contributed by atoms with Gasteiger partial charge in [0, 0.05) is 18.7 Å². The van der Waals surface area contributed by atoms with Gasteiger partial charge < -0.3 is 34.4 Å². The van der Waals surface area contributed by atoms with Gasteiger partial charge in [-0.2, -0.15) is 0 Å². The summed E-state index contributed by atoms with van der Waals surface area (Å²) < 4.78 is 18.3. The molecule has 2 N–H and O–H groups in total. The Hall–Kier alpha value is -5.26. The molecule has 0 aromatic heterocycles. The topological polar surface area (TPSA) is 135 Å². The number of hydrogen-bond acceptors (Lipinski definition) is 8. The van der Waals surface area contributed by atoms with Crippen LogP contribution in [0.3, 0.4) is 0 Å². The number of esters is 1. The summed E-state index contributed by atoms with van der Waals surface area (Å²) in [6.07, 6.45) is 3.22. The highest BCUT2D eigenvalue weighted by molar-refractivity contribution is 6.05. The number of likely N-dealkylation sites (tertiary alicyclic amines) is 1. The second kappa shape index (κ2) is 16.2. The van der Waals surface area contributed by atoms with Crippen LogP contribution in [-0.4, -0.2) is 77.7 Å². The zero-order valence-electron chi connectivity index (χ0n) is 30.1. The van der Waals surface area contributed by atoms with E-state index in [9.17, 15) is 19.5 Å². The lowest BCUT2D eigenvalue weighted by atomic mass is 9.70. The SMILES string of the molecule is C=CCCC(=O)N[C@H](C)[C@@H](OC(=O)[C@@H]1[C@H]2C(=O)N([C@H](CO)c3ccccc3)[C@H](C(=O)N(CC=C)c3ccc(OC)cc3)[C@]23CC[C@H]1O3)c1ccccc1. The molecule has 3 aromatic rings. The smallest absolute Gasteiger partial charge is 0.313 e. The number of aliphatic hydroxyl groups excluding tert-OH is 1. The molecule has 11 heteroatoms. The first-order chi connectivity index (χ1) is 25.7. The van der Waals surface area contributed by atoms with Crippen LogP contribution in [0.15, 0.2) is 110 Å². The number of nitrogens with zero attached hydrogens (tertiary/aromatic N) is 2. The zero-order chi connectivity index (χ0) is 37.7. The molecule has 11 nitrogen and oxygen atoms in total. The largest absolute Gasteiger partial charge is 0.497 e. The number of aliphatic hydroxyl groups is 1. The van der Waals surface area contributed by atoms with Crippen molar-refractivity contribution in [1.29, 1.82) is 0 Å². The number of amides is 3. The molecule has 8 atom stereocenters. The van der Waals surface area contributed by atoms with Crippen molar-refractivity contribution in [3.63, 3.8) is 0 Å². The van der Waals surface area contributed by atoms with E-state index in [0.29, 0.717) is 41.8 Å². The van der Waals surface area contributed by atoms with Crippen LogP contribution in [0.4, 0.5) is 5.69 Å². The minimum atomic E-state index is -1.37. The summed E-state index contributed by atoms with van der Waals surface area (Å²) in [5, 5.41) is 13.8. The van der Waals surface area contributed by atoms with E-state index in [4.69, 9.17) is 14.2 Å². The first kappa shape index (κ1) is 37.5. The van der Waals surface area contributed by atoms with Crippen LogP contribution >= 0.6 is 0 Å². The number of rotatable bonds is 16. The predicted octanol–water partition coefficient (Wildman–Crippen LogP) is 5.08. The van der Waals surface area contributed by atoms with E-state index < -0.39 is 72.2 Å². The lowest BCUT2D eigenvalue weighted by Gasteiger charge is -2.39. The molecule has 3 aliphatic heterocycles. The summed E-state index contributed by atoms with van der Waals surface area (Å²) in [5.41, 5.74) is 0.494. The van der Waals surface area contributed by atoms with Crippen molar-refractivity contribution in [2.45, 2.75) is 68.5 Å². The third kappa shape index (κ3) is 7.11. The monoisotopic (exact) mass is 721 g/mol. The fourth-order valence-corrected chi connectivity index (χ4v) is 8.31. The molecule has 3 saturated heterocycles. The molecule has 1 spiro atoms. The maximum Gasteiger partial charge on any atom is 0.313 e. The van der Waals surface area contributed by atoms with Crippen molar-refractivity contribution in [1.82, 2.24) is 10.2 Å². The van der Waals surface area contributed by atoms with Crippen molar-refractivity contribution in [2.24, 2.45) is 11.8 Å². The minimum absolute atomic E-state index is 0.129. The van der Waals surface area contributed by atoms with Crippen LogP contribution < -0.4 is 15.0 Å². The quantitative estimate of drug-likeness (QED) is 0.155. The maximum absolute atomic E-state index is 15.1. The number of allylic oxidation sites excluding steroid dienone is 1. The molecule has 0 aliphatic carbocycles. The number of methoxy groups -OCH3 is 1. The van der Waals surface area contributed by atoms with Crippen molar-refractivity contribution in [2.75, 3.05) is 25.2 Å². The van der Waals surface area contributed by atoms with Gasteiger partial charge in [0.05, 0.1) is 43.7 Å². The number of anilines is 1. The normalized spacial score (nSPS) is 24.4. The molecule has 2 bridgehead atoms. The molecule has 3 heterocycles. The third-order valence-corrected chi connectivity index (χ3v) is 10.7. The standard InChI is InChI=1S/C42H47N3O8/c1-5-7-18-34(47)43-27(3)37(29-16-12-9-13-17-29)52-41(50)35-33-23-24-42(53-33)36(35)39(48)45(32(26-46)28-14-10-8-11-15-28)38(42)40(49)44(25-6-2)30-19-21-31(51-4)22-20-30/h5-6,8-17,19-22,27,32-33,35-38,46H,1-2,7,18,23-26H2,3-4H3,(H,43,47)/t27-,32-,33-,35+,36+,37-,38-,42+/m1/s1. The predicted molar refractivity (Wildman–Crippen MR) is 199 cm³/mol. The van der Waals surface area contributed by atoms with Crippen LogP contribution in [0.25, 0.3) is 0 Å². The summed E-state index contributed by atoms with van der Waals surface area (Å²) >= 11 is 0. The Kier molecular flexibility index (Phi) is 11.4. The summed E-state index contributed by atoms with van der Waals surface area (Å²) in [7, 11) is 1.56. The van der Waals surface area contributed by atoms with Gasteiger partial charge in [0.15, 0.2) is 0 Å². The molecule has 0 saturated carbocycles. The molecule has 53 heavy (non-hydrogen) atoms. The van der Waals surface area contributed by atoms with E-state index in [-0.39, 0.29) is 18.9 Å². The highest BCUT2D eigenvalue weighted by Crippen LogP contribution is 2.60.